The van der Waals surface area contributed by atoms with E-state index < -0.39 is 4.92 Å². The molecule has 6 nitrogen and oxygen atoms in total. The summed E-state index contributed by atoms with van der Waals surface area (Å²) in [4.78, 5) is 14.4. The second-order valence-corrected chi connectivity index (χ2v) is 3.96. The summed E-state index contributed by atoms with van der Waals surface area (Å²) < 4.78 is 18.0. The first-order valence-corrected chi connectivity index (χ1v) is 5.78. The molecule has 2 rings (SSSR count). The van der Waals surface area contributed by atoms with Crippen LogP contribution in [0.3, 0.4) is 0 Å². The van der Waals surface area contributed by atoms with E-state index in [4.69, 9.17) is 4.74 Å². The molecule has 0 radical (unpaired) electrons. The highest BCUT2D eigenvalue weighted by Gasteiger charge is 2.16. The third kappa shape index (κ3) is 3.19. The maximum absolute atomic E-state index is 13.0. The van der Waals surface area contributed by atoms with E-state index in [1.54, 1.807) is 12.1 Å². The molecule has 1 aromatic heterocycles. The number of ether oxygens (including phenoxy) is 1. The van der Waals surface area contributed by atoms with E-state index in [9.17, 15) is 14.5 Å². The molecular weight excluding hydrogens is 265 g/mol. The molecule has 20 heavy (non-hydrogen) atoms. The Labute approximate surface area is 114 Å². The lowest BCUT2D eigenvalue weighted by atomic mass is 10.2. The molecule has 0 aliphatic rings. The number of aromatic nitrogens is 1. The van der Waals surface area contributed by atoms with Crippen molar-refractivity contribution in [2.24, 2.45) is 0 Å². The standard InChI is InChI=1S/C13H12FN3O3/c1-20-12-6-5-11(17(18)19)13(16-12)15-8-9-3-2-4-10(14)7-9/h2-7H,8H2,1H3,(H,15,16). The Bertz CT molecular complexity index is 634. The summed E-state index contributed by atoms with van der Waals surface area (Å²) in [5.41, 5.74) is 0.492. The van der Waals surface area contributed by atoms with Crippen molar-refractivity contribution >= 4 is 11.5 Å². The number of pyridine rings is 1. The molecule has 1 N–H and O–H groups in total. The minimum absolute atomic E-state index is 0.0820. The second-order valence-electron chi connectivity index (χ2n) is 3.96. The van der Waals surface area contributed by atoms with Gasteiger partial charge in [0.1, 0.15) is 5.82 Å². The Hall–Kier alpha value is -2.70. The highest BCUT2D eigenvalue weighted by molar-refractivity contribution is 5.57. The zero-order valence-electron chi connectivity index (χ0n) is 10.7. The molecular formula is C13H12FN3O3. The number of hydrogen-bond acceptors (Lipinski definition) is 5. The van der Waals surface area contributed by atoms with Crippen LogP contribution in [0, 0.1) is 15.9 Å². The summed E-state index contributed by atoms with van der Waals surface area (Å²) in [5, 5.41) is 13.7. The van der Waals surface area contributed by atoms with Crippen LogP contribution in [0.2, 0.25) is 0 Å². The van der Waals surface area contributed by atoms with Crippen LogP contribution < -0.4 is 10.1 Å². The average Bonchev–Trinajstić information content (AvgIpc) is 2.44. The molecule has 0 bridgehead atoms. The molecule has 0 unspecified atom stereocenters. The van der Waals surface area contributed by atoms with Gasteiger partial charge in [-0.15, -0.1) is 0 Å². The number of nitrogens with one attached hydrogen (secondary N) is 1. The molecule has 1 aromatic carbocycles. The minimum atomic E-state index is -0.541. The van der Waals surface area contributed by atoms with E-state index in [2.05, 4.69) is 10.3 Å². The maximum Gasteiger partial charge on any atom is 0.311 e. The van der Waals surface area contributed by atoms with Gasteiger partial charge in [-0.2, -0.15) is 4.98 Å². The third-order valence-corrected chi connectivity index (χ3v) is 2.60. The quantitative estimate of drug-likeness (QED) is 0.671. The van der Waals surface area contributed by atoms with Gasteiger partial charge >= 0.3 is 5.69 Å². The Morgan fingerprint density at radius 1 is 1.40 bits per heavy atom. The van der Waals surface area contributed by atoms with Crippen molar-refractivity contribution < 1.29 is 14.1 Å². The number of rotatable bonds is 5. The van der Waals surface area contributed by atoms with Gasteiger partial charge in [0.25, 0.3) is 0 Å². The second kappa shape index (κ2) is 5.96. The smallest absolute Gasteiger partial charge is 0.311 e. The van der Waals surface area contributed by atoms with Crippen molar-refractivity contribution in [1.82, 2.24) is 4.98 Å². The van der Waals surface area contributed by atoms with E-state index in [0.717, 1.165) is 0 Å². The van der Waals surface area contributed by atoms with Crippen molar-refractivity contribution in [1.29, 1.82) is 0 Å². The minimum Gasteiger partial charge on any atom is -0.481 e. The molecule has 0 spiro atoms. The van der Waals surface area contributed by atoms with Crippen molar-refractivity contribution in [2.45, 2.75) is 6.54 Å². The molecule has 0 saturated carbocycles. The van der Waals surface area contributed by atoms with Crippen LogP contribution in [0.5, 0.6) is 5.88 Å². The topological polar surface area (TPSA) is 77.3 Å². The first-order valence-electron chi connectivity index (χ1n) is 5.78. The van der Waals surface area contributed by atoms with Crippen LogP contribution in [-0.4, -0.2) is 17.0 Å². The highest BCUT2D eigenvalue weighted by Crippen LogP contribution is 2.25. The fourth-order valence-electron chi connectivity index (χ4n) is 1.66. The number of benzene rings is 1. The monoisotopic (exact) mass is 277 g/mol. The summed E-state index contributed by atoms with van der Waals surface area (Å²) in [6.07, 6.45) is 0. The predicted molar refractivity (Wildman–Crippen MR) is 71.2 cm³/mol. The van der Waals surface area contributed by atoms with E-state index in [1.807, 2.05) is 0 Å². The van der Waals surface area contributed by atoms with Crippen LogP contribution >= 0.6 is 0 Å². The van der Waals surface area contributed by atoms with Crippen molar-refractivity contribution in [3.8, 4) is 5.88 Å². The molecule has 104 valence electrons. The van der Waals surface area contributed by atoms with Crippen LogP contribution in [0.25, 0.3) is 0 Å². The molecule has 0 aliphatic heterocycles. The normalized spacial score (nSPS) is 10.1. The van der Waals surface area contributed by atoms with E-state index in [0.29, 0.717) is 5.56 Å². The van der Waals surface area contributed by atoms with Gasteiger partial charge in [-0.25, -0.2) is 4.39 Å². The molecule has 7 heteroatoms. The molecule has 1 heterocycles. The van der Waals surface area contributed by atoms with Crippen molar-refractivity contribution in [3.05, 3.63) is 57.9 Å². The van der Waals surface area contributed by atoms with E-state index in [1.165, 1.54) is 31.4 Å². The van der Waals surface area contributed by atoms with Gasteiger partial charge in [-0.3, -0.25) is 10.1 Å². The molecule has 0 fully saturated rings. The summed E-state index contributed by atoms with van der Waals surface area (Å²) in [6, 6.07) is 8.67. The van der Waals surface area contributed by atoms with Crippen LogP contribution in [0.1, 0.15) is 5.56 Å². The SMILES string of the molecule is COc1ccc([N+](=O)[O-])c(NCc2cccc(F)c2)n1. The first-order chi connectivity index (χ1) is 9.60. The zero-order chi connectivity index (χ0) is 14.5. The number of hydrogen-bond donors (Lipinski definition) is 1. The molecule has 0 atom stereocenters. The lowest BCUT2D eigenvalue weighted by Crippen LogP contribution is -2.05. The van der Waals surface area contributed by atoms with Gasteiger partial charge < -0.3 is 10.1 Å². The molecule has 2 aromatic rings. The average molecular weight is 277 g/mol. The van der Waals surface area contributed by atoms with Gasteiger partial charge in [0, 0.05) is 18.7 Å². The molecule has 0 amide bonds. The number of nitro groups is 1. The van der Waals surface area contributed by atoms with Crippen molar-refractivity contribution in [2.75, 3.05) is 12.4 Å². The van der Waals surface area contributed by atoms with Gasteiger partial charge in [0.05, 0.1) is 12.0 Å². The summed E-state index contributed by atoms with van der Waals surface area (Å²) >= 11 is 0. The Kier molecular flexibility index (Phi) is 4.09. The summed E-state index contributed by atoms with van der Waals surface area (Å²) in [5.74, 6) is -0.0200. The predicted octanol–water partition coefficient (Wildman–Crippen LogP) is 2.75. The lowest BCUT2D eigenvalue weighted by molar-refractivity contribution is -0.384. The Morgan fingerprint density at radius 3 is 2.85 bits per heavy atom. The molecule has 0 aliphatic carbocycles. The number of anilines is 1. The third-order valence-electron chi connectivity index (χ3n) is 2.60. The van der Waals surface area contributed by atoms with Crippen LogP contribution in [-0.2, 0) is 6.54 Å². The zero-order valence-corrected chi connectivity index (χ0v) is 10.7. The Balaban J connectivity index is 2.21. The largest absolute Gasteiger partial charge is 0.481 e. The van der Waals surface area contributed by atoms with Crippen molar-refractivity contribution in [3.63, 3.8) is 0 Å². The highest BCUT2D eigenvalue weighted by atomic mass is 19.1. The van der Waals surface area contributed by atoms with Crippen LogP contribution in [0.4, 0.5) is 15.9 Å². The fraction of sp³-hybridized carbons (Fsp3) is 0.154. The summed E-state index contributed by atoms with van der Waals surface area (Å²) in [7, 11) is 1.42. The number of nitrogens with zero attached hydrogens (tertiary/aromatic N) is 2. The fourth-order valence-corrected chi connectivity index (χ4v) is 1.66. The first kappa shape index (κ1) is 13.7. The lowest BCUT2D eigenvalue weighted by Gasteiger charge is -2.08. The van der Waals surface area contributed by atoms with E-state index >= 15 is 0 Å². The summed E-state index contributed by atoms with van der Waals surface area (Å²) in [6.45, 7) is 0.221. The number of methoxy groups -OCH3 is 1. The van der Waals surface area contributed by atoms with Gasteiger partial charge in [0.15, 0.2) is 0 Å². The van der Waals surface area contributed by atoms with Gasteiger partial charge in [0.2, 0.25) is 11.7 Å². The van der Waals surface area contributed by atoms with E-state index in [-0.39, 0.29) is 29.7 Å². The van der Waals surface area contributed by atoms with Gasteiger partial charge in [-0.05, 0) is 17.7 Å². The molecule has 0 saturated heterocycles. The Morgan fingerprint density at radius 2 is 2.20 bits per heavy atom. The van der Waals surface area contributed by atoms with Gasteiger partial charge in [-0.1, -0.05) is 12.1 Å². The van der Waals surface area contributed by atoms with Crippen LogP contribution in [0.15, 0.2) is 36.4 Å². The number of halogens is 1. The maximum atomic E-state index is 13.0.